The van der Waals surface area contributed by atoms with Gasteiger partial charge < -0.3 is 9.47 Å². The van der Waals surface area contributed by atoms with E-state index in [4.69, 9.17) is 9.47 Å². The maximum atomic E-state index is 15.9. The van der Waals surface area contributed by atoms with Crippen LogP contribution in [0.4, 0.5) is 10.5 Å². The number of amides is 2. The smallest absolute Gasteiger partial charge is 0.421 e. The molecule has 2 aromatic carbocycles. The highest BCUT2D eigenvalue weighted by molar-refractivity contribution is 14.1. The van der Waals surface area contributed by atoms with Crippen LogP contribution in [0, 0.1) is 16.2 Å². The number of anilines is 1. The van der Waals surface area contributed by atoms with Gasteiger partial charge in [-0.2, -0.15) is 0 Å². The molecular formula is C39H46INO5. The second-order valence-electron chi connectivity index (χ2n) is 16.8. The van der Waals surface area contributed by atoms with E-state index in [0.29, 0.717) is 40.7 Å². The lowest BCUT2D eigenvalue weighted by atomic mass is 9.39. The highest BCUT2D eigenvalue weighted by Crippen LogP contribution is 2.74. The van der Waals surface area contributed by atoms with E-state index in [2.05, 4.69) is 88.4 Å². The standard InChI is InChI=1S/C39H46INO5/c1-33(2,3)27-19-36(20-28(30(27)42)34(4,5)6)21-37(23-40)22-38(24-45-37,25-15-11-10-12-16-25)39(36)26-17-13-14-18-29(26)41(31(39)43)32(44)46-35(7,8)9/h10-20H,21-24H2,1-9H3/t37-,38+,39-/m0/s1. The molecule has 0 unspecified atom stereocenters. The molecule has 0 N–H and O–H groups in total. The van der Waals surface area contributed by atoms with Gasteiger partial charge in [0.05, 0.1) is 17.9 Å². The van der Waals surface area contributed by atoms with Gasteiger partial charge in [0.15, 0.2) is 5.78 Å². The molecule has 2 aliphatic carbocycles. The Hall–Kier alpha value is -2.78. The van der Waals surface area contributed by atoms with Crippen molar-refractivity contribution in [3.63, 3.8) is 0 Å². The lowest BCUT2D eigenvalue weighted by Crippen LogP contribution is -2.69. The summed E-state index contributed by atoms with van der Waals surface area (Å²) in [5, 5.41) is 0. The van der Waals surface area contributed by atoms with E-state index < -0.39 is 44.4 Å². The summed E-state index contributed by atoms with van der Waals surface area (Å²) in [6.45, 7) is 18.1. The third-order valence-corrected chi connectivity index (χ3v) is 11.8. The van der Waals surface area contributed by atoms with E-state index in [-0.39, 0.29) is 11.7 Å². The van der Waals surface area contributed by atoms with Crippen LogP contribution in [0.25, 0.3) is 0 Å². The van der Waals surface area contributed by atoms with Gasteiger partial charge in [0, 0.05) is 26.4 Å². The molecule has 3 atom stereocenters. The van der Waals surface area contributed by atoms with Gasteiger partial charge in [-0.05, 0) is 61.6 Å². The minimum Gasteiger partial charge on any atom is -0.443 e. The molecule has 2 fully saturated rings. The normalized spacial score (nSPS) is 28.8. The first-order valence-electron chi connectivity index (χ1n) is 16.2. The molecule has 0 aromatic heterocycles. The Morgan fingerprint density at radius 1 is 0.848 bits per heavy atom. The fraction of sp³-hybridized carbons (Fsp3) is 0.513. The molecule has 2 aliphatic heterocycles. The molecule has 0 radical (unpaired) electrons. The van der Waals surface area contributed by atoms with Crippen molar-refractivity contribution in [3.8, 4) is 0 Å². The van der Waals surface area contributed by atoms with Crippen molar-refractivity contribution in [1.82, 2.24) is 0 Å². The molecule has 2 bridgehead atoms. The molecule has 4 aliphatic rings. The fourth-order valence-corrected chi connectivity index (χ4v) is 9.49. The van der Waals surface area contributed by atoms with Crippen LogP contribution in [-0.2, 0) is 29.9 Å². The van der Waals surface area contributed by atoms with Crippen molar-refractivity contribution in [2.45, 2.75) is 97.2 Å². The zero-order valence-electron chi connectivity index (χ0n) is 28.5. The van der Waals surface area contributed by atoms with Crippen LogP contribution < -0.4 is 4.90 Å². The van der Waals surface area contributed by atoms with Crippen molar-refractivity contribution in [2.24, 2.45) is 16.2 Å². The molecule has 1 saturated heterocycles. The first-order valence-corrected chi connectivity index (χ1v) is 17.7. The quantitative estimate of drug-likeness (QED) is 0.228. The first-order chi connectivity index (χ1) is 21.3. The zero-order chi connectivity index (χ0) is 33.7. The number of fused-ring (bicyclic) bond motifs is 6. The summed E-state index contributed by atoms with van der Waals surface area (Å²) < 4.78 is 13.6. The molecule has 6 rings (SSSR count). The minimum absolute atomic E-state index is 0.0135. The van der Waals surface area contributed by atoms with Crippen LogP contribution in [-0.4, -0.2) is 40.0 Å². The van der Waals surface area contributed by atoms with Crippen LogP contribution in [0.1, 0.15) is 86.3 Å². The predicted octanol–water partition coefficient (Wildman–Crippen LogP) is 8.66. The van der Waals surface area contributed by atoms with Crippen LogP contribution >= 0.6 is 22.6 Å². The van der Waals surface area contributed by atoms with Crippen molar-refractivity contribution < 1.29 is 23.9 Å². The van der Waals surface area contributed by atoms with Crippen molar-refractivity contribution >= 4 is 46.1 Å². The maximum absolute atomic E-state index is 15.9. The van der Waals surface area contributed by atoms with Crippen molar-refractivity contribution in [2.75, 3.05) is 15.9 Å². The van der Waals surface area contributed by atoms with Crippen LogP contribution in [0.3, 0.4) is 0 Å². The fourth-order valence-electron chi connectivity index (χ4n) is 8.73. The van der Waals surface area contributed by atoms with Gasteiger partial charge in [-0.1, -0.05) is 125 Å². The zero-order valence-corrected chi connectivity index (χ0v) is 30.7. The van der Waals surface area contributed by atoms with Crippen molar-refractivity contribution in [3.05, 3.63) is 89.0 Å². The summed E-state index contributed by atoms with van der Waals surface area (Å²) in [7, 11) is 0. The molecular weight excluding hydrogens is 689 g/mol. The molecule has 6 nitrogen and oxygen atoms in total. The molecule has 2 amide bonds. The number of ether oxygens (including phenoxy) is 2. The first kappa shape index (κ1) is 33.1. The number of allylic oxidation sites excluding steroid dienone is 4. The highest BCUT2D eigenvalue weighted by Gasteiger charge is 2.80. The van der Waals surface area contributed by atoms with Gasteiger partial charge in [0.25, 0.3) is 0 Å². The molecule has 7 heteroatoms. The molecule has 2 aromatic rings. The Kier molecular flexibility index (Phi) is 7.46. The number of para-hydroxylation sites is 1. The molecule has 244 valence electrons. The van der Waals surface area contributed by atoms with Crippen LogP contribution in [0.2, 0.25) is 0 Å². The minimum atomic E-state index is -1.33. The highest BCUT2D eigenvalue weighted by atomic mass is 127. The van der Waals surface area contributed by atoms with E-state index in [1.54, 1.807) is 0 Å². The average Bonchev–Trinajstić information content (AvgIpc) is 3.44. The summed E-state index contributed by atoms with van der Waals surface area (Å²) >= 11 is 2.42. The summed E-state index contributed by atoms with van der Waals surface area (Å²) in [5.74, 6) is -0.317. The summed E-state index contributed by atoms with van der Waals surface area (Å²) in [4.78, 5) is 45.8. The topological polar surface area (TPSA) is 72.9 Å². The van der Waals surface area contributed by atoms with E-state index in [1.807, 2.05) is 63.2 Å². The van der Waals surface area contributed by atoms with Gasteiger partial charge in [0.1, 0.15) is 11.0 Å². The Bertz CT molecular complexity index is 1650. The third-order valence-electron chi connectivity index (χ3n) is 10.4. The number of ketones is 1. The number of nitrogens with zero attached hydrogens (tertiary/aromatic N) is 1. The number of halogens is 1. The second-order valence-corrected chi connectivity index (χ2v) is 17.5. The number of hydrogen-bond donors (Lipinski definition) is 0. The average molecular weight is 736 g/mol. The molecule has 2 spiro atoms. The molecule has 1 saturated carbocycles. The van der Waals surface area contributed by atoms with Gasteiger partial charge in [-0.25, -0.2) is 9.69 Å². The largest absolute Gasteiger partial charge is 0.443 e. The number of alkyl halides is 1. The van der Waals surface area contributed by atoms with Crippen molar-refractivity contribution in [1.29, 1.82) is 0 Å². The number of benzene rings is 2. The summed E-state index contributed by atoms with van der Waals surface area (Å²) in [6, 6.07) is 17.9. The summed E-state index contributed by atoms with van der Waals surface area (Å²) in [6.07, 6.45) is 4.63. The van der Waals surface area contributed by atoms with Crippen LogP contribution in [0.5, 0.6) is 0 Å². The maximum Gasteiger partial charge on any atom is 0.421 e. The van der Waals surface area contributed by atoms with Gasteiger partial charge >= 0.3 is 6.09 Å². The Labute approximate surface area is 287 Å². The number of carbonyl (C=O) groups is 3. The third kappa shape index (κ3) is 4.54. The van der Waals surface area contributed by atoms with Gasteiger partial charge in [0.2, 0.25) is 5.91 Å². The monoisotopic (exact) mass is 735 g/mol. The molecule has 2 heterocycles. The van der Waals surface area contributed by atoms with E-state index in [0.717, 1.165) is 11.1 Å². The molecule has 46 heavy (non-hydrogen) atoms. The van der Waals surface area contributed by atoms with E-state index >= 15 is 4.79 Å². The number of rotatable bonds is 2. The lowest BCUT2D eigenvalue weighted by molar-refractivity contribution is -0.132. The number of carbonyl (C=O) groups excluding carboxylic acids is 3. The summed E-state index contributed by atoms with van der Waals surface area (Å²) in [5.41, 5.74) is -1.91. The van der Waals surface area contributed by atoms with E-state index in [1.165, 1.54) is 4.90 Å². The number of hydrogen-bond acceptors (Lipinski definition) is 5. The second kappa shape index (κ2) is 10.4. The van der Waals surface area contributed by atoms with Crippen LogP contribution in [0.15, 0.2) is 77.9 Å². The lowest BCUT2D eigenvalue weighted by Gasteiger charge is -2.60. The Balaban J connectivity index is 1.81. The Morgan fingerprint density at radius 3 is 1.96 bits per heavy atom. The predicted molar refractivity (Wildman–Crippen MR) is 189 cm³/mol. The van der Waals surface area contributed by atoms with Gasteiger partial charge in [-0.15, -0.1) is 0 Å². The van der Waals surface area contributed by atoms with Gasteiger partial charge in [-0.3, -0.25) is 9.59 Å². The SMILES string of the molecule is CC(C)(C)OC(=O)N1C(=O)[C@@]2(c3ccccc31)C1(C=C(C(C)(C)C)C(=O)C(C(C)(C)C)=C1)C[C@@]1(CI)C[C@]2(c2ccccc2)CO1. The number of Topliss-reactive ketones (excluding diaryl/α,β-unsaturated/α-hetero) is 1. The van der Waals surface area contributed by atoms with E-state index in [9.17, 15) is 9.59 Å². The number of imide groups is 1. The Morgan fingerprint density at radius 2 is 1.41 bits per heavy atom.